The Morgan fingerprint density at radius 3 is 2.52 bits per heavy atom. The summed E-state index contributed by atoms with van der Waals surface area (Å²) in [5.41, 5.74) is -1.62. The standard InChI is InChI=1S/C12H7ClN2O4S2/c13-6-3-4-7(21(18,19)8-2-1-5-20-8)10-9(6)11(16)15-12(17)14-10/h1-5H,(H2,14,15,16,17). The largest absolute Gasteiger partial charge is 0.326 e. The van der Waals surface area contributed by atoms with Crippen molar-refractivity contribution in [1.82, 2.24) is 9.97 Å². The Morgan fingerprint density at radius 1 is 1.10 bits per heavy atom. The lowest BCUT2D eigenvalue weighted by Crippen LogP contribution is -2.23. The molecule has 2 aromatic heterocycles. The van der Waals surface area contributed by atoms with E-state index in [0.717, 1.165) is 11.3 Å². The summed E-state index contributed by atoms with van der Waals surface area (Å²) in [5.74, 6) is 0. The molecule has 2 N–H and O–H groups in total. The summed E-state index contributed by atoms with van der Waals surface area (Å²) in [7, 11) is -3.84. The molecular weight excluding hydrogens is 336 g/mol. The molecule has 1 aromatic carbocycles. The molecule has 0 saturated carbocycles. The Morgan fingerprint density at radius 2 is 1.86 bits per heavy atom. The Labute approximate surface area is 127 Å². The lowest BCUT2D eigenvalue weighted by molar-refractivity contribution is 0.598. The van der Waals surface area contributed by atoms with Crippen molar-refractivity contribution in [3.05, 3.63) is 55.5 Å². The van der Waals surface area contributed by atoms with Crippen LogP contribution in [0.3, 0.4) is 0 Å². The molecule has 0 atom stereocenters. The van der Waals surface area contributed by atoms with E-state index in [1.807, 2.05) is 4.98 Å². The summed E-state index contributed by atoms with van der Waals surface area (Å²) in [4.78, 5) is 27.5. The van der Waals surface area contributed by atoms with E-state index in [4.69, 9.17) is 11.6 Å². The first-order chi connectivity index (χ1) is 9.91. The van der Waals surface area contributed by atoms with E-state index >= 15 is 0 Å². The van der Waals surface area contributed by atoms with Crippen molar-refractivity contribution in [1.29, 1.82) is 0 Å². The predicted molar refractivity (Wildman–Crippen MR) is 80.0 cm³/mol. The van der Waals surface area contributed by atoms with Crippen LogP contribution in [-0.2, 0) is 9.84 Å². The van der Waals surface area contributed by atoms with Crippen LogP contribution in [-0.4, -0.2) is 18.4 Å². The minimum Gasteiger partial charge on any atom is -0.306 e. The fourth-order valence-corrected chi connectivity index (χ4v) is 4.74. The predicted octanol–water partition coefficient (Wildman–Crippen LogP) is 1.76. The Balaban J connectivity index is 2.49. The van der Waals surface area contributed by atoms with E-state index in [1.54, 1.807) is 11.4 Å². The van der Waals surface area contributed by atoms with Crippen LogP contribution < -0.4 is 11.2 Å². The number of halogens is 1. The molecule has 21 heavy (non-hydrogen) atoms. The summed E-state index contributed by atoms with van der Waals surface area (Å²) in [6.07, 6.45) is 0. The number of hydrogen-bond donors (Lipinski definition) is 2. The summed E-state index contributed by atoms with van der Waals surface area (Å²) in [5, 5.41) is 1.63. The van der Waals surface area contributed by atoms with Crippen LogP contribution in [0.4, 0.5) is 0 Å². The van der Waals surface area contributed by atoms with Gasteiger partial charge in [-0.2, -0.15) is 0 Å². The lowest BCUT2D eigenvalue weighted by atomic mass is 10.2. The molecule has 0 radical (unpaired) electrons. The minimum atomic E-state index is -3.84. The van der Waals surface area contributed by atoms with Crippen molar-refractivity contribution >= 4 is 43.7 Å². The second-order valence-corrected chi connectivity index (χ2v) is 7.64. The highest BCUT2D eigenvalue weighted by Gasteiger charge is 2.23. The van der Waals surface area contributed by atoms with Gasteiger partial charge in [0.15, 0.2) is 0 Å². The first-order valence-corrected chi connectivity index (χ1v) is 8.39. The fourth-order valence-electron chi connectivity index (χ4n) is 1.96. The number of nitrogens with one attached hydrogen (secondary N) is 2. The average Bonchev–Trinajstić information content (AvgIpc) is 2.92. The van der Waals surface area contributed by atoms with Crippen molar-refractivity contribution < 1.29 is 8.42 Å². The maximum Gasteiger partial charge on any atom is 0.326 e. The maximum atomic E-state index is 12.6. The molecule has 0 aliphatic carbocycles. The lowest BCUT2D eigenvalue weighted by Gasteiger charge is -2.07. The fraction of sp³-hybridized carbons (Fsp3) is 0. The summed E-state index contributed by atoms with van der Waals surface area (Å²) in [6, 6.07) is 5.64. The van der Waals surface area contributed by atoms with Crippen molar-refractivity contribution in [2.24, 2.45) is 0 Å². The SMILES string of the molecule is O=c1[nH]c(=O)c2c(Cl)ccc(S(=O)(=O)c3cccs3)c2[nH]1. The van der Waals surface area contributed by atoms with Gasteiger partial charge in [0.25, 0.3) is 5.56 Å². The maximum absolute atomic E-state index is 12.6. The van der Waals surface area contributed by atoms with Gasteiger partial charge in [0, 0.05) is 0 Å². The number of H-pyrrole nitrogens is 2. The van der Waals surface area contributed by atoms with Gasteiger partial charge in [-0.1, -0.05) is 17.7 Å². The highest BCUT2D eigenvalue weighted by molar-refractivity contribution is 7.93. The molecule has 0 amide bonds. The number of rotatable bonds is 2. The zero-order valence-electron chi connectivity index (χ0n) is 10.2. The Kier molecular flexibility index (Phi) is 3.23. The second-order valence-electron chi connectivity index (χ2n) is 4.14. The molecule has 6 nitrogen and oxygen atoms in total. The number of aromatic amines is 2. The van der Waals surface area contributed by atoms with Gasteiger partial charge in [0.05, 0.1) is 20.8 Å². The monoisotopic (exact) mass is 342 g/mol. The van der Waals surface area contributed by atoms with Crippen LogP contribution in [0, 0.1) is 0 Å². The molecule has 108 valence electrons. The van der Waals surface area contributed by atoms with E-state index in [2.05, 4.69) is 4.98 Å². The third-order valence-corrected chi connectivity index (χ3v) is 6.37. The molecule has 9 heteroatoms. The van der Waals surface area contributed by atoms with Crippen molar-refractivity contribution in [3.8, 4) is 0 Å². The molecular formula is C12H7ClN2O4S2. The molecule has 3 aromatic rings. The van der Waals surface area contributed by atoms with Gasteiger partial charge in [-0.25, -0.2) is 13.2 Å². The van der Waals surface area contributed by atoms with Gasteiger partial charge in [-0.15, -0.1) is 11.3 Å². The van der Waals surface area contributed by atoms with Gasteiger partial charge >= 0.3 is 5.69 Å². The van der Waals surface area contributed by atoms with Crippen LogP contribution in [0.1, 0.15) is 0 Å². The second kappa shape index (κ2) is 4.83. The number of aromatic nitrogens is 2. The van der Waals surface area contributed by atoms with Gasteiger partial charge in [0.1, 0.15) is 4.21 Å². The summed E-state index contributed by atoms with van der Waals surface area (Å²) >= 11 is 6.97. The third-order valence-electron chi connectivity index (χ3n) is 2.86. The molecule has 0 bridgehead atoms. The van der Waals surface area contributed by atoms with E-state index in [-0.39, 0.29) is 25.0 Å². The highest BCUT2D eigenvalue weighted by atomic mass is 35.5. The molecule has 0 unspecified atom stereocenters. The summed E-state index contributed by atoms with van der Waals surface area (Å²) in [6.45, 7) is 0. The quantitative estimate of drug-likeness (QED) is 0.741. The van der Waals surface area contributed by atoms with Gasteiger partial charge < -0.3 is 4.98 Å². The van der Waals surface area contributed by atoms with Gasteiger partial charge in [-0.05, 0) is 23.6 Å². The molecule has 0 aliphatic rings. The van der Waals surface area contributed by atoms with Crippen LogP contribution in [0.25, 0.3) is 10.9 Å². The van der Waals surface area contributed by atoms with Crippen molar-refractivity contribution in [2.45, 2.75) is 9.10 Å². The molecule has 0 spiro atoms. The first-order valence-electron chi connectivity index (χ1n) is 5.64. The number of fused-ring (bicyclic) bond motifs is 1. The normalized spacial score (nSPS) is 11.9. The molecule has 0 saturated heterocycles. The number of sulfone groups is 1. The number of thiophene rings is 1. The topological polar surface area (TPSA) is 99.9 Å². The number of hydrogen-bond acceptors (Lipinski definition) is 5. The molecule has 0 aliphatic heterocycles. The zero-order chi connectivity index (χ0) is 15.2. The third kappa shape index (κ3) is 2.21. The van der Waals surface area contributed by atoms with E-state index in [9.17, 15) is 18.0 Å². The average molecular weight is 343 g/mol. The van der Waals surface area contributed by atoms with Crippen LogP contribution in [0.2, 0.25) is 5.02 Å². The van der Waals surface area contributed by atoms with Crippen molar-refractivity contribution in [3.63, 3.8) is 0 Å². The minimum absolute atomic E-state index is 0.0612. The van der Waals surface area contributed by atoms with E-state index in [1.165, 1.54) is 18.2 Å². The van der Waals surface area contributed by atoms with Crippen LogP contribution >= 0.6 is 22.9 Å². The Bertz CT molecular complexity index is 1050. The van der Waals surface area contributed by atoms with E-state index in [0.29, 0.717) is 0 Å². The van der Waals surface area contributed by atoms with E-state index < -0.39 is 21.1 Å². The van der Waals surface area contributed by atoms with Crippen LogP contribution in [0.5, 0.6) is 0 Å². The van der Waals surface area contributed by atoms with Gasteiger partial charge in [-0.3, -0.25) is 9.78 Å². The van der Waals surface area contributed by atoms with Crippen LogP contribution in [0.15, 0.2) is 48.3 Å². The molecule has 3 rings (SSSR count). The zero-order valence-corrected chi connectivity index (χ0v) is 12.6. The molecule has 2 heterocycles. The Hall–Kier alpha value is -1.90. The summed E-state index contributed by atoms with van der Waals surface area (Å²) < 4.78 is 25.3. The smallest absolute Gasteiger partial charge is 0.306 e. The van der Waals surface area contributed by atoms with Crippen molar-refractivity contribution in [2.75, 3.05) is 0 Å². The number of benzene rings is 1. The van der Waals surface area contributed by atoms with Gasteiger partial charge in [0.2, 0.25) is 9.84 Å². The first kappa shape index (κ1) is 14.1. The molecule has 0 fully saturated rings. The highest BCUT2D eigenvalue weighted by Crippen LogP contribution is 2.30.